The van der Waals surface area contributed by atoms with Gasteiger partial charge >= 0.3 is 0 Å². The molecule has 1 fully saturated rings. The second-order valence-electron chi connectivity index (χ2n) is 6.08. The van der Waals surface area contributed by atoms with Crippen LogP contribution in [-0.2, 0) is 9.59 Å². The van der Waals surface area contributed by atoms with Crippen LogP contribution in [0.1, 0.15) is 23.5 Å². The molecule has 2 amide bonds. The van der Waals surface area contributed by atoms with E-state index in [-0.39, 0.29) is 18.4 Å². The van der Waals surface area contributed by atoms with Gasteiger partial charge in [0.25, 0.3) is 5.91 Å². The number of primary amides is 1. The molecular weight excluding hydrogens is 304 g/mol. The number of anilines is 1. The number of carbonyl (C=O) groups is 2. The summed E-state index contributed by atoms with van der Waals surface area (Å²) in [5.74, 6) is 0.262. The van der Waals surface area contributed by atoms with Crippen LogP contribution in [0.5, 0.6) is 5.75 Å². The number of nitrogens with one attached hydrogen (secondary N) is 1. The molecular formula is C19H20N2O3. The zero-order valence-corrected chi connectivity index (χ0v) is 13.5. The van der Waals surface area contributed by atoms with E-state index in [1.54, 1.807) is 24.3 Å². The zero-order valence-electron chi connectivity index (χ0n) is 13.5. The van der Waals surface area contributed by atoms with Crippen LogP contribution in [0.25, 0.3) is 0 Å². The van der Waals surface area contributed by atoms with Crippen LogP contribution in [0.3, 0.4) is 0 Å². The Labute approximate surface area is 140 Å². The fourth-order valence-electron chi connectivity index (χ4n) is 2.88. The van der Waals surface area contributed by atoms with E-state index in [0.29, 0.717) is 17.4 Å². The van der Waals surface area contributed by atoms with Gasteiger partial charge in [-0.3, -0.25) is 9.59 Å². The highest BCUT2D eigenvalue weighted by atomic mass is 16.5. The Kier molecular flexibility index (Phi) is 4.51. The Morgan fingerprint density at radius 2 is 2.00 bits per heavy atom. The Hall–Kier alpha value is -2.82. The first-order valence-corrected chi connectivity index (χ1v) is 7.92. The summed E-state index contributed by atoms with van der Waals surface area (Å²) in [7, 11) is 0. The molecule has 1 saturated carbocycles. The number of carbonyl (C=O) groups excluding carboxylic acids is 2. The minimum Gasteiger partial charge on any atom is -0.484 e. The topological polar surface area (TPSA) is 81.4 Å². The highest BCUT2D eigenvalue weighted by Crippen LogP contribution is 2.48. The first-order chi connectivity index (χ1) is 11.5. The minimum atomic E-state index is -0.538. The monoisotopic (exact) mass is 324 g/mol. The first kappa shape index (κ1) is 16.1. The number of amides is 2. The molecule has 2 unspecified atom stereocenters. The molecule has 0 bridgehead atoms. The lowest BCUT2D eigenvalue weighted by molar-refractivity contribution is -0.120. The van der Waals surface area contributed by atoms with Crippen LogP contribution in [-0.4, -0.2) is 18.4 Å². The number of ether oxygens (including phenoxy) is 1. The predicted molar refractivity (Wildman–Crippen MR) is 91.8 cm³/mol. The molecule has 0 heterocycles. The molecule has 1 aliphatic carbocycles. The van der Waals surface area contributed by atoms with E-state index in [2.05, 4.69) is 24.4 Å². The fourth-order valence-corrected chi connectivity index (χ4v) is 2.88. The average molecular weight is 324 g/mol. The van der Waals surface area contributed by atoms with Crippen LogP contribution in [0, 0.1) is 12.8 Å². The summed E-state index contributed by atoms with van der Waals surface area (Å²) in [5, 5.41) is 2.92. The van der Waals surface area contributed by atoms with Crippen LogP contribution < -0.4 is 15.8 Å². The summed E-state index contributed by atoms with van der Waals surface area (Å²) >= 11 is 0. The van der Waals surface area contributed by atoms with Crippen molar-refractivity contribution in [3.05, 3.63) is 59.7 Å². The van der Waals surface area contributed by atoms with Gasteiger partial charge in [0, 0.05) is 17.7 Å². The summed E-state index contributed by atoms with van der Waals surface area (Å²) in [4.78, 5) is 23.2. The van der Waals surface area contributed by atoms with E-state index in [4.69, 9.17) is 10.5 Å². The van der Waals surface area contributed by atoms with Gasteiger partial charge in [-0.25, -0.2) is 0 Å². The second-order valence-corrected chi connectivity index (χ2v) is 6.08. The Balaban J connectivity index is 1.61. The van der Waals surface area contributed by atoms with Crippen molar-refractivity contribution in [2.24, 2.45) is 11.7 Å². The maximum atomic E-state index is 12.4. The molecule has 0 radical (unpaired) electrons. The molecule has 0 saturated heterocycles. The van der Waals surface area contributed by atoms with Crippen molar-refractivity contribution in [1.82, 2.24) is 0 Å². The van der Waals surface area contributed by atoms with Gasteiger partial charge in [0.05, 0.1) is 0 Å². The highest BCUT2D eigenvalue weighted by Gasteiger charge is 2.44. The minimum absolute atomic E-state index is 0.00120. The van der Waals surface area contributed by atoms with Gasteiger partial charge in [0.1, 0.15) is 5.75 Å². The van der Waals surface area contributed by atoms with Gasteiger partial charge in [-0.1, -0.05) is 30.3 Å². The third-order valence-electron chi connectivity index (χ3n) is 4.20. The van der Waals surface area contributed by atoms with Crippen LogP contribution in [0.2, 0.25) is 0 Å². The quantitative estimate of drug-likeness (QED) is 0.857. The lowest BCUT2D eigenvalue weighted by atomic mass is 10.0. The first-order valence-electron chi connectivity index (χ1n) is 7.92. The van der Waals surface area contributed by atoms with Gasteiger partial charge in [-0.15, -0.1) is 0 Å². The summed E-state index contributed by atoms with van der Waals surface area (Å²) in [6, 6.07) is 15.1. The van der Waals surface area contributed by atoms with Crippen molar-refractivity contribution in [1.29, 1.82) is 0 Å². The molecule has 3 rings (SSSR count). The van der Waals surface area contributed by atoms with E-state index in [1.165, 1.54) is 11.1 Å². The van der Waals surface area contributed by atoms with Gasteiger partial charge in [-0.2, -0.15) is 0 Å². The summed E-state index contributed by atoms with van der Waals surface area (Å²) in [5.41, 5.74) is 8.17. The second kappa shape index (κ2) is 6.74. The number of benzene rings is 2. The molecule has 0 aliphatic heterocycles. The molecule has 2 aromatic rings. The Morgan fingerprint density at radius 1 is 1.21 bits per heavy atom. The number of aryl methyl sites for hydroxylation is 1. The molecule has 5 nitrogen and oxygen atoms in total. The summed E-state index contributed by atoms with van der Waals surface area (Å²) < 4.78 is 5.25. The largest absolute Gasteiger partial charge is 0.484 e. The molecule has 124 valence electrons. The maximum Gasteiger partial charge on any atom is 0.255 e. The van der Waals surface area contributed by atoms with Crippen molar-refractivity contribution >= 4 is 17.5 Å². The normalized spacial score (nSPS) is 18.7. The molecule has 5 heteroatoms. The number of hydrogen-bond donors (Lipinski definition) is 2. The van der Waals surface area contributed by atoms with Gasteiger partial charge in [0.2, 0.25) is 5.91 Å². The fraction of sp³-hybridized carbons (Fsp3) is 0.263. The molecule has 2 atom stereocenters. The average Bonchev–Trinajstić information content (AvgIpc) is 3.34. The van der Waals surface area contributed by atoms with Crippen LogP contribution in [0.15, 0.2) is 48.5 Å². The van der Waals surface area contributed by atoms with E-state index in [9.17, 15) is 9.59 Å². The molecule has 0 aromatic heterocycles. The van der Waals surface area contributed by atoms with Gasteiger partial charge in [-0.05, 0) is 42.5 Å². The lowest BCUT2D eigenvalue weighted by Crippen LogP contribution is -2.20. The van der Waals surface area contributed by atoms with Gasteiger partial charge in [0.15, 0.2) is 6.61 Å². The van der Waals surface area contributed by atoms with Crippen molar-refractivity contribution in [3.63, 3.8) is 0 Å². The molecule has 2 aromatic carbocycles. The van der Waals surface area contributed by atoms with Crippen LogP contribution >= 0.6 is 0 Å². The molecule has 3 N–H and O–H groups in total. The summed E-state index contributed by atoms with van der Waals surface area (Å²) in [6.45, 7) is 1.89. The summed E-state index contributed by atoms with van der Waals surface area (Å²) in [6.07, 6.45) is 0.870. The Morgan fingerprint density at radius 3 is 2.75 bits per heavy atom. The molecule has 24 heavy (non-hydrogen) atoms. The molecule has 1 aliphatic rings. The van der Waals surface area contributed by atoms with Crippen molar-refractivity contribution < 1.29 is 14.3 Å². The molecule has 0 spiro atoms. The van der Waals surface area contributed by atoms with Crippen molar-refractivity contribution in [2.75, 3.05) is 11.9 Å². The van der Waals surface area contributed by atoms with Crippen molar-refractivity contribution in [2.45, 2.75) is 19.3 Å². The third-order valence-corrected chi connectivity index (χ3v) is 4.20. The SMILES string of the molecule is Cc1ccccc1C1CC1C(=O)Nc1cccc(OCC(N)=O)c1. The van der Waals surface area contributed by atoms with E-state index < -0.39 is 5.91 Å². The standard InChI is InChI=1S/C19H20N2O3/c1-12-5-2-3-8-15(12)16-10-17(16)19(23)21-13-6-4-7-14(9-13)24-11-18(20)22/h2-9,16-17H,10-11H2,1H3,(H2,20,22)(H,21,23). The van der Waals surface area contributed by atoms with E-state index in [1.807, 2.05) is 12.1 Å². The van der Waals surface area contributed by atoms with Crippen molar-refractivity contribution in [3.8, 4) is 5.75 Å². The smallest absolute Gasteiger partial charge is 0.255 e. The number of nitrogens with two attached hydrogens (primary N) is 1. The van der Waals surface area contributed by atoms with E-state index in [0.717, 1.165) is 6.42 Å². The third kappa shape index (κ3) is 3.74. The lowest BCUT2D eigenvalue weighted by Gasteiger charge is -2.09. The zero-order chi connectivity index (χ0) is 17.1. The van der Waals surface area contributed by atoms with Gasteiger partial charge < -0.3 is 15.8 Å². The van der Waals surface area contributed by atoms with Crippen LogP contribution in [0.4, 0.5) is 5.69 Å². The predicted octanol–water partition coefficient (Wildman–Crippen LogP) is 2.60. The number of hydrogen-bond acceptors (Lipinski definition) is 3. The number of rotatable bonds is 6. The van der Waals surface area contributed by atoms with E-state index >= 15 is 0 Å². The maximum absolute atomic E-state index is 12.4. The highest BCUT2D eigenvalue weighted by molar-refractivity contribution is 5.95. The Bertz CT molecular complexity index is 773.